The van der Waals surface area contributed by atoms with Gasteiger partial charge in [-0.1, -0.05) is 34.1 Å². The minimum atomic E-state index is -0.407. The average Bonchev–Trinajstić information content (AvgIpc) is 3.05. The van der Waals surface area contributed by atoms with Crippen LogP contribution in [0.25, 0.3) is 0 Å². The van der Waals surface area contributed by atoms with Crippen LogP contribution in [0.4, 0.5) is 4.79 Å². The molecule has 0 aromatic heterocycles. The summed E-state index contributed by atoms with van der Waals surface area (Å²) in [5, 5.41) is 0. The van der Waals surface area contributed by atoms with Gasteiger partial charge >= 0.3 is 6.09 Å². The number of carbonyl (C=O) groups is 1. The Bertz CT molecular complexity index is 716. The Kier molecular flexibility index (Phi) is 5.51. The molecule has 5 heteroatoms. The van der Waals surface area contributed by atoms with Gasteiger partial charge in [0.2, 0.25) is 0 Å². The summed E-state index contributed by atoms with van der Waals surface area (Å²) in [5.74, 6) is 0.675. The highest BCUT2D eigenvalue weighted by atomic mass is 79.9. The molecule has 154 valence electrons. The van der Waals surface area contributed by atoms with Crippen LogP contribution in [-0.2, 0) is 4.74 Å². The van der Waals surface area contributed by atoms with Gasteiger partial charge < -0.3 is 14.5 Å². The quantitative estimate of drug-likeness (QED) is 0.605. The second-order valence-electron chi connectivity index (χ2n) is 10.1. The van der Waals surface area contributed by atoms with Crippen LogP contribution in [0.15, 0.2) is 28.7 Å². The molecule has 1 aliphatic carbocycles. The molecule has 3 aliphatic rings. The van der Waals surface area contributed by atoms with E-state index in [1.807, 2.05) is 25.7 Å². The molecule has 2 heterocycles. The Morgan fingerprint density at radius 2 is 1.82 bits per heavy atom. The van der Waals surface area contributed by atoms with E-state index >= 15 is 0 Å². The lowest BCUT2D eigenvalue weighted by Crippen LogP contribution is -2.58. The SMILES string of the molecule is CC(C)(C)OC(=O)N1CC2(CC[C@@H](N3CCC(c4ccccc4Br)CC3)C2)C1. The van der Waals surface area contributed by atoms with E-state index in [-0.39, 0.29) is 6.09 Å². The van der Waals surface area contributed by atoms with Crippen molar-refractivity contribution in [2.24, 2.45) is 5.41 Å². The van der Waals surface area contributed by atoms with Crippen molar-refractivity contribution < 1.29 is 9.53 Å². The molecule has 0 unspecified atom stereocenters. The fraction of sp³-hybridized carbons (Fsp3) is 0.696. The van der Waals surface area contributed by atoms with E-state index in [1.54, 1.807) is 0 Å². The maximum absolute atomic E-state index is 12.3. The Labute approximate surface area is 177 Å². The highest BCUT2D eigenvalue weighted by Crippen LogP contribution is 2.48. The molecule has 1 atom stereocenters. The van der Waals surface area contributed by atoms with Gasteiger partial charge in [0.15, 0.2) is 0 Å². The number of hydrogen-bond donors (Lipinski definition) is 0. The van der Waals surface area contributed by atoms with Crippen LogP contribution in [0.1, 0.15) is 64.4 Å². The number of likely N-dealkylation sites (tertiary alicyclic amines) is 2. The zero-order chi connectivity index (χ0) is 19.9. The fourth-order valence-electron chi connectivity index (χ4n) is 5.38. The third kappa shape index (κ3) is 4.25. The number of piperidine rings is 1. The van der Waals surface area contributed by atoms with Crippen molar-refractivity contribution in [3.05, 3.63) is 34.3 Å². The Morgan fingerprint density at radius 3 is 2.46 bits per heavy atom. The molecule has 1 aromatic carbocycles. The van der Waals surface area contributed by atoms with Crippen LogP contribution in [-0.4, -0.2) is 53.7 Å². The first-order valence-electron chi connectivity index (χ1n) is 10.7. The monoisotopic (exact) mass is 448 g/mol. The van der Waals surface area contributed by atoms with Gasteiger partial charge in [-0.25, -0.2) is 4.79 Å². The highest BCUT2D eigenvalue weighted by molar-refractivity contribution is 9.10. The Balaban J connectivity index is 1.26. The van der Waals surface area contributed by atoms with Crippen molar-refractivity contribution in [2.45, 2.75) is 70.4 Å². The van der Waals surface area contributed by atoms with Crippen LogP contribution in [0, 0.1) is 5.41 Å². The normalized spacial score (nSPS) is 25.7. The highest BCUT2D eigenvalue weighted by Gasteiger charge is 2.51. The molecule has 1 aromatic rings. The van der Waals surface area contributed by atoms with Gasteiger partial charge in [-0.15, -0.1) is 0 Å². The molecule has 28 heavy (non-hydrogen) atoms. The smallest absolute Gasteiger partial charge is 0.410 e. The average molecular weight is 449 g/mol. The van der Waals surface area contributed by atoms with Crippen molar-refractivity contribution in [2.75, 3.05) is 26.2 Å². The van der Waals surface area contributed by atoms with E-state index in [0.29, 0.717) is 17.4 Å². The molecule has 4 rings (SSSR count). The topological polar surface area (TPSA) is 32.8 Å². The van der Waals surface area contributed by atoms with Crippen LogP contribution in [0.3, 0.4) is 0 Å². The lowest BCUT2D eigenvalue weighted by atomic mass is 9.78. The number of amides is 1. The predicted octanol–water partition coefficient (Wildman–Crippen LogP) is 5.42. The van der Waals surface area contributed by atoms with Gasteiger partial charge in [-0.3, -0.25) is 0 Å². The minimum absolute atomic E-state index is 0.143. The fourth-order valence-corrected chi connectivity index (χ4v) is 5.98. The molecule has 1 spiro atoms. The van der Waals surface area contributed by atoms with Gasteiger partial charge in [-0.2, -0.15) is 0 Å². The molecule has 2 aliphatic heterocycles. The van der Waals surface area contributed by atoms with Gasteiger partial charge in [-0.05, 0) is 83.5 Å². The lowest BCUT2D eigenvalue weighted by molar-refractivity contribution is -0.0347. The standard InChI is InChI=1S/C23H33BrN2O2/c1-22(2,3)28-21(27)26-15-23(16-26)11-8-18(14-23)25-12-9-17(10-13-25)19-6-4-5-7-20(19)24/h4-7,17-18H,8-16H2,1-3H3/t18-/m1/s1. The number of rotatable bonds is 2. The second kappa shape index (κ2) is 7.64. The van der Waals surface area contributed by atoms with Crippen LogP contribution in [0.2, 0.25) is 0 Å². The largest absolute Gasteiger partial charge is 0.444 e. The zero-order valence-electron chi connectivity index (χ0n) is 17.4. The molecule has 2 saturated heterocycles. The number of halogens is 1. The Morgan fingerprint density at radius 1 is 1.14 bits per heavy atom. The molecule has 1 amide bonds. The number of nitrogens with zero attached hydrogens (tertiary/aromatic N) is 2. The van der Waals surface area contributed by atoms with Crippen molar-refractivity contribution in [1.82, 2.24) is 9.80 Å². The van der Waals surface area contributed by atoms with Crippen molar-refractivity contribution >= 4 is 22.0 Å². The first-order valence-corrected chi connectivity index (χ1v) is 11.5. The van der Waals surface area contributed by atoms with E-state index in [0.717, 1.165) is 13.1 Å². The van der Waals surface area contributed by atoms with E-state index in [9.17, 15) is 4.79 Å². The van der Waals surface area contributed by atoms with E-state index in [2.05, 4.69) is 45.1 Å². The summed E-state index contributed by atoms with van der Waals surface area (Å²) in [6.45, 7) is 9.96. The van der Waals surface area contributed by atoms with Crippen molar-refractivity contribution in [3.63, 3.8) is 0 Å². The van der Waals surface area contributed by atoms with Gasteiger partial charge in [0.1, 0.15) is 5.60 Å². The number of hydrogen-bond acceptors (Lipinski definition) is 3. The summed E-state index contributed by atoms with van der Waals surface area (Å²) in [4.78, 5) is 16.9. The second-order valence-corrected chi connectivity index (χ2v) is 10.9. The zero-order valence-corrected chi connectivity index (χ0v) is 19.0. The first-order chi connectivity index (χ1) is 13.2. The minimum Gasteiger partial charge on any atom is -0.444 e. The van der Waals surface area contributed by atoms with E-state index < -0.39 is 5.60 Å². The number of ether oxygens (including phenoxy) is 1. The van der Waals surface area contributed by atoms with Crippen molar-refractivity contribution in [1.29, 1.82) is 0 Å². The predicted molar refractivity (Wildman–Crippen MR) is 116 cm³/mol. The summed E-state index contributed by atoms with van der Waals surface area (Å²) in [6, 6.07) is 9.38. The van der Waals surface area contributed by atoms with E-state index in [1.165, 1.54) is 55.2 Å². The maximum Gasteiger partial charge on any atom is 0.410 e. The van der Waals surface area contributed by atoms with Crippen LogP contribution < -0.4 is 0 Å². The molecule has 3 fully saturated rings. The van der Waals surface area contributed by atoms with Crippen LogP contribution >= 0.6 is 15.9 Å². The summed E-state index contributed by atoms with van der Waals surface area (Å²) < 4.78 is 6.78. The maximum atomic E-state index is 12.3. The first kappa shape index (κ1) is 20.2. The van der Waals surface area contributed by atoms with Gasteiger partial charge in [0, 0.05) is 29.0 Å². The molecule has 0 bridgehead atoms. The summed E-state index contributed by atoms with van der Waals surface area (Å²) in [6.07, 6.45) is 6.12. The van der Waals surface area contributed by atoms with Gasteiger partial charge in [0.25, 0.3) is 0 Å². The van der Waals surface area contributed by atoms with Gasteiger partial charge in [0.05, 0.1) is 0 Å². The molecule has 0 radical (unpaired) electrons. The molecular formula is C23H33BrN2O2. The summed E-state index contributed by atoms with van der Waals surface area (Å²) >= 11 is 3.72. The number of carbonyl (C=O) groups excluding carboxylic acids is 1. The third-order valence-electron chi connectivity index (χ3n) is 6.77. The van der Waals surface area contributed by atoms with E-state index in [4.69, 9.17) is 4.74 Å². The number of benzene rings is 1. The van der Waals surface area contributed by atoms with Crippen molar-refractivity contribution in [3.8, 4) is 0 Å². The molecule has 0 N–H and O–H groups in total. The molecule has 1 saturated carbocycles. The molecular weight excluding hydrogens is 416 g/mol. The Hall–Kier alpha value is -1.07. The van der Waals surface area contributed by atoms with Crippen LogP contribution in [0.5, 0.6) is 0 Å². The molecule has 4 nitrogen and oxygen atoms in total. The summed E-state index contributed by atoms with van der Waals surface area (Å²) in [7, 11) is 0. The summed E-state index contributed by atoms with van der Waals surface area (Å²) in [5.41, 5.74) is 1.41. The third-order valence-corrected chi connectivity index (χ3v) is 7.49. The lowest BCUT2D eigenvalue weighted by Gasteiger charge is -2.48.